The zero-order valence-corrected chi connectivity index (χ0v) is 18.8. The number of carbonyl (C=O) groups is 1. The van der Waals surface area contributed by atoms with Gasteiger partial charge in [-0.05, 0) is 57.3 Å². The molecule has 3 rings (SSSR count). The Kier molecular flexibility index (Phi) is 7.06. The molecule has 1 aliphatic heterocycles. The number of thiocarbonyl (C=S) groups is 1. The molecule has 1 saturated heterocycles. The molecule has 2 aromatic rings. The smallest absolute Gasteiger partial charge is 0.416 e. The van der Waals surface area contributed by atoms with E-state index in [9.17, 15) is 22.4 Å². The Balaban J connectivity index is 1.75. The van der Waals surface area contributed by atoms with Crippen molar-refractivity contribution in [2.24, 2.45) is 0 Å². The standard InChI is InChI=1S/C21H22F4N4O3S/c1-20(2,3)32-19(30)29-10-15(28-18-26-8-14(22)9-27-18)16(11-29)31-17(33)12-4-6-13(7-5-12)21(23,24)25/h4-9,15-16H,10-11H2,1-3H3,(H,26,27,28)/t15-,16-/m1/s1. The van der Waals surface area contributed by atoms with Gasteiger partial charge in [-0.25, -0.2) is 19.2 Å². The summed E-state index contributed by atoms with van der Waals surface area (Å²) in [7, 11) is 0. The van der Waals surface area contributed by atoms with Gasteiger partial charge in [-0.1, -0.05) is 0 Å². The summed E-state index contributed by atoms with van der Waals surface area (Å²) in [5.74, 6) is -0.500. The van der Waals surface area contributed by atoms with Crippen LogP contribution in [0.2, 0.25) is 0 Å². The average molecular weight is 486 g/mol. The van der Waals surface area contributed by atoms with Crippen LogP contribution in [0.25, 0.3) is 0 Å². The number of nitrogens with zero attached hydrogens (tertiary/aromatic N) is 3. The summed E-state index contributed by atoms with van der Waals surface area (Å²) in [5.41, 5.74) is -1.24. The molecule has 1 aromatic heterocycles. The number of hydrogen-bond acceptors (Lipinski definition) is 7. The second-order valence-corrected chi connectivity index (χ2v) is 8.75. The SMILES string of the molecule is CC(C)(C)OC(=O)N1C[C@@H](Nc2ncc(F)cn2)[C@H](OC(=S)c2ccc(C(F)(F)F)cc2)C1. The van der Waals surface area contributed by atoms with Crippen molar-refractivity contribution in [2.75, 3.05) is 18.4 Å². The maximum Gasteiger partial charge on any atom is 0.416 e. The minimum atomic E-state index is -4.47. The van der Waals surface area contributed by atoms with E-state index in [-0.39, 0.29) is 29.7 Å². The van der Waals surface area contributed by atoms with E-state index in [2.05, 4.69) is 15.3 Å². The Hall–Kier alpha value is -3.02. The topological polar surface area (TPSA) is 76.6 Å². The van der Waals surface area contributed by atoms with Gasteiger partial charge in [0, 0.05) is 12.1 Å². The van der Waals surface area contributed by atoms with Crippen molar-refractivity contribution in [1.82, 2.24) is 14.9 Å². The summed E-state index contributed by atoms with van der Waals surface area (Å²) in [6.07, 6.45) is -3.76. The zero-order chi connectivity index (χ0) is 24.4. The van der Waals surface area contributed by atoms with Gasteiger partial charge < -0.3 is 19.7 Å². The molecule has 0 spiro atoms. The third kappa shape index (κ3) is 6.73. The van der Waals surface area contributed by atoms with Crippen LogP contribution in [0, 0.1) is 5.82 Å². The number of alkyl halides is 3. The summed E-state index contributed by atoms with van der Waals surface area (Å²) in [4.78, 5) is 21.6. The lowest BCUT2D eigenvalue weighted by Gasteiger charge is -2.24. The molecule has 178 valence electrons. The van der Waals surface area contributed by atoms with Gasteiger partial charge in [0.25, 0.3) is 0 Å². The molecule has 2 heterocycles. The van der Waals surface area contributed by atoms with Gasteiger partial charge in [0.1, 0.15) is 11.7 Å². The van der Waals surface area contributed by atoms with Crippen LogP contribution in [0.1, 0.15) is 31.9 Å². The molecule has 7 nitrogen and oxygen atoms in total. The summed E-state index contributed by atoms with van der Waals surface area (Å²) in [6.45, 7) is 5.44. The molecule has 12 heteroatoms. The fraction of sp³-hybridized carbons (Fsp3) is 0.429. The van der Waals surface area contributed by atoms with E-state index in [0.29, 0.717) is 0 Å². The fourth-order valence-corrected chi connectivity index (χ4v) is 3.32. The Morgan fingerprint density at radius 1 is 1.12 bits per heavy atom. The predicted molar refractivity (Wildman–Crippen MR) is 115 cm³/mol. The number of rotatable bonds is 4. The number of hydrogen-bond donors (Lipinski definition) is 1. The highest BCUT2D eigenvalue weighted by Gasteiger charge is 2.40. The third-order valence-electron chi connectivity index (χ3n) is 4.56. The molecule has 1 aliphatic rings. The van der Waals surface area contributed by atoms with Crippen molar-refractivity contribution in [3.63, 3.8) is 0 Å². The van der Waals surface area contributed by atoms with Gasteiger partial charge in [-0.2, -0.15) is 13.2 Å². The molecule has 0 saturated carbocycles. The number of anilines is 1. The number of likely N-dealkylation sites (tertiary alicyclic amines) is 1. The van der Waals surface area contributed by atoms with Crippen LogP contribution in [0.3, 0.4) is 0 Å². The largest absolute Gasteiger partial charge is 0.475 e. The Labute approximate surface area is 193 Å². The molecule has 33 heavy (non-hydrogen) atoms. The highest BCUT2D eigenvalue weighted by Crippen LogP contribution is 2.29. The van der Waals surface area contributed by atoms with E-state index in [1.807, 2.05) is 0 Å². The van der Waals surface area contributed by atoms with Gasteiger partial charge in [-0.15, -0.1) is 0 Å². The first-order valence-electron chi connectivity index (χ1n) is 9.92. The number of aromatic nitrogens is 2. The van der Waals surface area contributed by atoms with Gasteiger partial charge in [0.15, 0.2) is 10.9 Å². The highest BCUT2D eigenvalue weighted by atomic mass is 32.1. The van der Waals surface area contributed by atoms with Crippen molar-refractivity contribution < 1.29 is 31.8 Å². The molecule has 1 N–H and O–H groups in total. The molecule has 0 radical (unpaired) electrons. The average Bonchev–Trinajstić information content (AvgIpc) is 3.10. The number of amides is 1. The lowest BCUT2D eigenvalue weighted by atomic mass is 10.1. The van der Waals surface area contributed by atoms with Gasteiger partial charge in [0.05, 0.1) is 30.5 Å². The van der Waals surface area contributed by atoms with Crippen LogP contribution >= 0.6 is 12.2 Å². The van der Waals surface area contributed by atoms with Crippen molar-refractivity contribution in [1.29, 1.82) is 0 Å². The number of carbonyl (C=O) groups excluding carboxylic acids is 1. The first kappa shape index (κ1) is 24.6. The first-order chi connectivity index (χ1) is 15.3. The van der Waals surface area contributed by atoms with Crippen LogP contribution in [0.5, 0.6) is 0 Å². The summed E-state index contributed by atoms with van der Waals surface area (Å²) >= 11 is 5.27. The van der Waals surface area contributed by atoms with Crippen LogP contribution in [0.4, 0.5) is 28.3 Å². The Morgan fingerprint density at radius 3 is 2.27 bits per heavy atom. The Morgan fingerprint density at radius 2 is 1.73 bits per heavy atom. The van der Waals surface area contributed by atoms with Gasteiger partial charge in [-0.3, -0.25) is 0 Å². The third-order valence-corrected chi connectivity index (χ3v) is 4.89. The monoisotopic (exact) mass is 486 g/mol. The minimum Gasteiger partial charge on any atom is -0.475 e. The quantitative estimate of drug-likeness (QED) is 0.506. The normalized spacial score (nSPS) is 18.7. The van der Waals surface area contributed by atoms with E-state index in [4.69, 9.17) is 21.7 Å². The fourth-order valence-electron chi connectivity index (χ4n) is 3.06. The van der Waals surface area contributed by atoms with Gasteiger partial charge in [0.2, 0.25) is 5.95 Å². The lowest BCUT2D eigenvalue weighted by molar-refractivity contribution is -0.137. The summed E-state index contributed by atoms with van der Waals surface area (Å²) in [5, 5.41) is 2.94. The van der Waals surface area contributed by atoms with Gasteiger partial charge >= 0.3 is 12.3 Å². The minimum absolute atomic E-state index is 0.0356. The molecule has 1 amide bonds. The van der Waals surface area contributed by atoms with Crippen molar-refractivity contribution >= 4 is 29.3 Å². The van der Waals surface area contributed by atoms with Crippen LogP contribution in [0.15, 0.2) is 36.7 Å². The summed E-state index contributed by atoms with van der Waals surface area (Å²) in [6, 6.07) is 3.72. The number of nitrogens with one attached hydrogen (secondary N) is 1. The molecule has 0 bridgehead atoms. The number of benzene rings is 1. The van der Waals surface area contributed by atoms with E-state index >= 15 is 0 Å². The predicted octanol–water partition coefficient (Wildman–Crippen LogP) is 4.43. The number of ether oxygens (including phenoxy) is 2. The zero-order valence-electron chi connectivity index (χ0n) is 18.0. The molecule has 1 fully saturated rings. The van der Waals surface area contributed by atoms with E-state index in [1.165, 1.54) is 17.0 Å². The van der Waals surface area contributed by atoms with Crippen molar-refractivity contribution in [3.05, 3.63) is 53.6 Å². The summed E-state index contributed by atoms with van der Waals surface area (Å²) < 4.78 is 62.8. The van der Waals surface area contributed by atoms with Crippen LogP contribution in [-0.2, 0) is 15.7 Å². The molecular weight excluding hydrogens is 464 g/mol. The molecule has 2 atom stereocenters. The van der Waals surface area contributed by atoms with Crippen LogP contribution in [-0.4, -0.2) is 56.8 Å². The van der Waals surface area contributed by atoms with E-state index < -0.39 is 41.4 Å². The molecular formula is C21H22F4N4O3S. The van der Waals surface area contributed by atoms with Crippen LogP contribution < -0.4 is 5.32 Å². The van der Waals surface area contributed by atoms with Crippen molar-refractivity contribution in [3.8, 4) is 0 Å². The first-order valence-corrected chi connectivity index (χ1v) is 10.3. The van der Waals surface area contributed by atoms with E-state index in [1.54, 1.807) is 20.8 Å². The second kappa shape index (κ2) is 9.46. The molecule has 0 aliphatic carbocycles. The number of halogens is 4. The maximum absolute atomic E-state index is 13.1. The van der Waals surface area contributed by atoms with Crippen molar-refractivity contribution in [2.45, 2.75) is 44.7 Å². The Bertz CT molecular complexity index is 995. The molecule has 0 unspecified atom stereocenters. The second-order valence-electron chi connectivity index (χ2n) is 8.38. The maximum atomic E-state index is 13.1. The lowest BCUT2D eigenvalue weighted by Crippen LogP contribution is -2.37. The molecule has 1 aromatic carbocycles. The van der Waals surface area contributed by atoms with E-state index in [0.717, 1.165) is 24.5 Å². The highest BCUT2D eigenvalue weighted by molar-refractivity contribution is 7.80.